The van der Waals surface area contributed by atoms with E-state index in [0.717, 1.165) is 28.1 Å². The van der Waals surface area contributed by atoms with Crippen molar-refractivity contribution in [2.24, 2.45) is 0 Å². The summed E-state index contributed by atoms with van der Waals surface area (Å²) < 4.78 is 4.46. The third-order valence-corrected chi connectivity index (χ3v) is 11.8. The minimum absolute atomic E-state index is 0.561. The first-order valence-corrected chi connectivity index (χ1v) is 19.5. The summed E-state index contributed by atoms with van der Waals surface area (Å²) in [5.74, 6) is 1.48. The molecule has 0 atom stereocenters. The summed E-state index contributed by atoms with van der Waals surface area (Å²) in [6.45, 7) is 0.561. The number of fused-ring (bicyclic) bond motifs is 13. The molecular formula is C53H34N4. The number of hydrogen-bond donors (Lipinski definition) is 0. The zero-order valence-corrected chi connectivity index (χ0v) is 31.0. The SMILES string of the molecule is c1ccc(-c2ccc(-c3nc(-n4c5ccc6ccccc6c5c5c6c7ccccc7c7ccccc7c6ccc54)[n+](Cc4ccc5ccccc5c4)[n-]3)cc2)cc1. The van der Waals surface area contributed by atoms with E-state index >= 15 is 0 Å². The van der Waals surface area contributed by atoms with Crippen LogP contribution in [0.25, 0.3) is 104 Å². The van der Waals surface area contributed by atoms with Crippen molar-refractivity contribution in [2.75, 3.05) is 0 Å². The summed E-state index contributed by atoms with van der Waals surface area (Å²) in [5.41, 5.74) is 6.70. The number of aromatic nitrogens is 4. The van der Waals surface area contributed by atoms with Gasteiger partial charge in [-0.2, -0.15) is 0 Å². The fourth-order valence-corrected chi connectivity index (χ4v) is 9.16. The fraction of sp³-hybridized carbons (Fsp3) is 0.0189. The lowest BCUT2D eigenvalue weighted by Crippen LogP contribution is -2.42. The quantitative estimate of drug-likeness (QED) is 0.131. The smallest absolute Gasteiger partial charge is 0.229 e. The van der Waals surface area contributed by atoms with E-state index in [1.807, 2.05) is 0 Å². The van der Waals surface area contributed by atoms with Gasteiger partial charge in [-0.1, -0.05) is 176 Å². The molecule has 0 amide bonds. The summed E-state index contributed by atoms with van der Waals surface area (Å²) in [6.07, 6.45) is 0. The highest BCUT2D eigenvalue weighted by Gasteiger charge is 2.24. The van der Waals surface area contributed by atoms with E-state index in [2.05, 4.69) is 203 Å². The van der Waals surface area contributed by atoms with Crippen molar-refractivity contribution in [2.45, 2.75) is 6.54 Å². The Morgan fingerprint density at radius 3 is 1.72 bits per heavy atom. The molecule has 0 unspecified atom stereocenters. The first-order chi connectivity index (χ1) is 28.3. The van der Waals surface area contributed by atoms with Crippen molar-refractivity contribution in [3.63, 3.8) is 0 Å². The largest absolute Gasteiger partial charge is 0.375 e. The average Bonchev–Trinajstić information content (AvgIpc) is 3.85. The molecule has 2 heterocycles. The second-order valence-corrected chi connectivity index (χ2v) is 15.0. The summed E-state index contributed by atoms with van der Waals surface area (Å²) in [4.78, 5) is 5.47. The molecule has 0 aliphatic heterocycles. The summed E-state index contributed by atoms with van der Waals surface area (Å²) in [6, 6.07) is 70.0. The van der Waals surface area contributed by atoms with Gasteiger partial charge in [0.15, 0.2) is 0 Å². The second kappa shape index (κ2) is 12.5. The Bertz CT molecular complexity index is 3500. The van der Waals surface area contributed by atoms with E-state index in [4.69, 9.17) is 10.1 Å². The highest BCUT2D eigenvalue weighted by atomic mass is 15.4. The molecule has 12 aromatic rings. The van der Waals surface area contributed by atoms with Crippen LogP contribution in [0.4, 0.5) is 0 Å². The van der Waals surface area contributed by atoms with E-state index in [9.17, 15) is 0 Å². The van der Waals surface area contributed by atoms with Crippen LogP contribution in [0.3, 0.4) is 0 Å². The molecule has 0 radical (unpaired) electrons. The Morgan fingerprint density at radius 2 is 0.947 bits per heavy atom. The van der Waals surface area contributed by atoms with Gasteiger partial charge < -0.3 is 10.1 Å². The molecule has 266 valence electrons. The van der Waals surface area contributed by atoms with Crippen LogP contribution in [0.5, 0.6) is 0 Å². The zero-order valence-electron chi connectivity index (χ0n) is 31.0. The number of rotatable bonds is 5. The second-order valence-electron chi connectivity index (χ2n) is 15.0. The number of hydrogen-bond acceptors (Lipinski definition) is 1. The lowest BCUT2D eigenvalue weighted by atomic mass is 9.91. The zero-order chi connectivity index (χ0) is 37.5. The highest BCUT2D eigenvalue weighted by Crippen LogP contribution is 2.45. The predicted octanol–water partition coefficient (Wildman–Crippen LogP) is 12.6. The minimum Gasteiger partial charge on any atom is -0.375 e. The van der Waals surface area contributed by atoms with Gasteiger partial charge in [0.05, 0.1) is 6.54 Å². The third-order valence-electron chi connectivity index (χ3n) is 11.8. The topological polar surface area (TPSA) is 35.8 Å². The molecule has 2 aromatic heterocycles. The summed E-state index contributed by atoms with van der Waals surface area (Å²) in [5, 5.41) is 20.2. The van der Waals surface area contributed by atoms with Crippen LogP contribution in [0.2, 0.25) is 0 Å². The first-order valence-electron chi connectivity index (χ1n) is 19.5. The summed E-state index contributed by atoms with van der Waals surface area (Å²) in [7, 11) is 0. The number of nitrogens with zero attached hydrogens (tertiary/aromatic N) is 4. The Labute approximate surface area is 328 Å². The van der Waals surface area contributed by atoms with Gasteiger partial charge in [0, 0.05) is 16.2 Å². The Balaban J connectivity index is 1.17. The maximum absolute atomic E-state index is 5.47. The maximum Gasteiger partial charge on any atom is 0.229 e. The lowest BCUT2D eigenvalue weighted by molar-refractivity contribution is -0.741. The molecule has 0 saturated carbocycles. The van der Waals surface area contributed by atoms with Gasteiger partial charge in [-0.3, -0.25) is 4.68 Å². The molecule has 4 heteroatoms. The van der Waals surface area contributed by atoms with Crippen molar-refractivity contribution >= 4 is 75.7 Å². The van der Waals surface area contributed by atoms with E-state index in [0.29, 0.717) is 12.4 Å². The van der Waals surface area contributed by atoms with Crippen molar-refractivity contribution in [1.82, 2.24) is 14.6 Å². The highest BCUT2D eigenvalue weighted by molar-refractivity contribution is 6.37. The van der Waals surface area contributed by atoms with Gasteiger partial charge >= 0.3 is 0 Å². The van der Waals surface area contributed by atoms with Gasteiger partial charge in [0.25, 0.3) is 0 Å². The molecule has 57 heavy (non-hydrogen) atoms. The first kappa shape index (κ1) is 31.8. The number of benzene rings is 10. The van der Waals surface area contributed by atoms with Crippen LogP contribution in [0.1, 0.15) is 5.56 Å². The Morgan fingerprint density at radius 1 is 0.404 bits per heavy atom. The van der Waals surface area contributed by atoms with Gasteiger partial charge in [-0.05, 0) is 94.8 Å². The Hall–Kier alpha value is -7.56. The molecule has 4 nitrogen and oxygen atoms in total. The maximum atomic E-state index is 5.47. The van der Waals surface area contributed by atoms with Crippen LogP contribution < -0.4 is 9.78 Å². The molecule has 0 N–H and O–H groups in total. The molecule has 0 saturated heterocycles. The lowest BCUT2D eigenvalue weighted by Gasteiger charge is -2.12. The predicted molar refractivity (Wildman–Crippen MR) is 236 cm³/mol. The van der Waals surface area contributed by atoms with Gasteiger partial charge in [0.1, 0.15) is 11.0 Å². The van der Waals surface area contributed by atoms with E-state index in [1.54, 1.807) is 0 Å². The van der Waals surface area contributed by atoms with Crippen molar-refractivity contribution in [1.29, 1.82) is 0 Å². The molecular weight excluding hydrogens is 693 g/mol. The van der Waals surface area contributed by atoms with Crippen LogP contribution in [-0.2, 0) is 6.54 Å². The standard InChI is InChI=1S/C53H34N4/c1-2-12-35(13-3-1)37-24-26-39(27-25-37)52-54-53(56(55-52)33-34-22-23-36-14-4-5-16-40(36)32-34)57-47-30-28-38-15-6-7-17-41(38)50(47)51-48(57)31-29-46-44-20-9-8-18-42(44)43-19-10-11-21-45(43)49(46)51/h1-32H,33H2. The Kier molecular flexibility index (Phi) is 6.96. The average molecular weight is 727 g/mol. The van der Waals surface area contributed by atoms with Gasteiger partial charge in [0.2, 0.25) is 5.95 Å². The third kappa shape index (κ3) is 4.94. The molecule has 12 rings (SSSR count). The minimum atomic E-state index is 0.561. The van der Waals surface area contributed by atoms with E-state index in [-0.39, 0.29) is 0 Å². The van der Waals surface area contributed by atoms with Crippen molar-refractivity contribution in [3.05, 3.63) is 200 Å². The van der Waals surface area contributed by atoms with Crippen molar-refractivity contribution in [3.8, 4) is 28.5 Å². The monoisotopic (exact) mass is 726 g/mol. The van der Waals surface area contributed by atoms with Crippen molar-refractivity contribution < 1.29 is 4.68 Å². The summed E-state index contributed by atoms with van der Waals surface area (Å²) >= 11 is 0. The molecule has 0 aliphatic carbocycles. The fourth-order valence-electron chi connectivity index (χ4n) is 9.16. The van der Waals surface area contributed by atoms with E-state index in [1.165, 1.54) is 75.8 Å². The van der Waals surface area contributed by atoms with Gasteiger partial charge in [-0.15, -0.1) is 0 Å². The van der Waals surface area contributed by atoms with Crippen LogP contribution in [-0.4, -0.2) is 9.55 Å². The van der Waals surface area contributed by atoms with Gasteiger partial charge in [-0.25, -0.2) is 4.57 Å². The molecule has 0 spiro atoms. The van der Waals surface area contributed by atoms with Crippen LogP contribution >= 0.6 is 0 Å². The van der Waals surface area contributed by atoms with Crippen LogP contribution in [0.15, 0.2) is 194 Å². The molecule has 0 fully saturated rings. The van der Waals surface area contributed by atoms with Crippen LogP contribution in [0, 0.1) is 0 Å². The molecule has 0 aliphatic rings. The van der Waals surface area contributed by atoms with E-state index < -0.39 is 0 Å². The molecule has 0 bridgehead atoms. The molecule has 10 aromatic carbocycles. The normalized spacial score (nSPS) is 11.9.